The van der Waals surface area contributed by atoms with Crippen molar-refractivity contribution in [1.29, 1.82) is 0 Å². The van der Waals surface area contributed by atoms with Gasteiger partial charge >= 0.3 is 0 Å². The van der Waals surface area contributed by atoms with E-state index >= 15 is 0 Å². The van der Waals surface area contributed by atoms with E-state index in [0.29, 0.717) is 18.4 Å². The topological polar surface area (TPSA) is 117 Å². The molecule has 34 heavy (non-hydrogen) atoms. The molecule has 0 fully saturated rings. The summed E-state index contributed by atoms with van der Waals surface area (Å²) in [5, 5.41) is 8.12. The summed E-state index contributed by atoms with van der Waals surface area (Å²) in [4.78, 5) is 55.4. The molecular weight excluding hydrogens is 432 g/mol. The van der Waals surface area contributed by atoms with Crippen LogP contribution < -0.4 is 16.0 Å². The van der Waals surface area contributed by atoms with E-state index in [1.807, 2.05) is 37.3 Å². The van der Waals surface area contributed by atoms with Gasteiger partial charge in [-0.2, -0.15) is 0 Å². The molecule has 3 amide bonds. The molecule has 2 atom stereocenters. The molecule has 1 aromatic heterocycles. The Morgan fingerprint density at radius 2 is 1.65 bits per heavy atom. The van der Waals surface area contributed by atoms with Gasteiger partial charge in [-0.05, 0) is 44.9 Å². The lowest BCUT2D eigenvalue weighted by Gasteiger charge is -2.25. The second-order valence-electron chi connectivity index (χ2n) is 9.23. The van der Waals surface area contributed by atoms with Crippen LogP contribution in [0.1, 0.15) is 62.9 Å². The molecule has 2 rings (SSSR count). The van der Waals surface area contributed by atoms with E-state index in [4.69, 9.17) is 0 Å². The van der Waals surface area contributed by atoms with Gasteiger partial charge < -0.3 is 16.0 Å². The first-order valence-electron chi connectivity index (χ1n) is 11.5. The lowest BCUT2D eigenvalue weighted by atomic mass is 9.99. The van der Waals surface area contributed by atoms with Crippen LogP contribution >= 0.6 is 0 Å². The highest BCUT2D eigenvalue weighted by atomic mass is 16.2. The normalized spacial score (nSPS) is 12.8. The van der Waals surface area contributed by atoms with Crippen LogP contribution in [0.4, 0.5) is 0 Å². The van der Waals surface area contributed by atoms with E-state index in [1.165, 1.54) is 6.20 Å². The lowest BCUT2D eigenvalue weighted by Crippen LogP contribution is -2.56. The van der Waals surface area contributed by atoms with E-state index in [0.717, 1.165) is 12.0 Å². The molecular formula is C26H34N4O4. The van der Waals surface area contributed by atoms with Crippen LogP contribution in [0.2, 0.25) is 0 Å². The number of aromatic nitrogens is 1. The Morgan fingerprint density at radius 1 is 0.941 bits per heavy atom. The number of nitrogens with zero attached hydrogens (tertiary/aromatic N) is 1. The predicted octanol–water partition coefficient (Wildman–Crippen LogP) is 2.58. The van der Waals surface area contributed by atoms with Crippen molar-refractivity contribution in [1.82, 2.24) is 20.9 Å². The van der Waals surface area contributed by atoms with Gasteiger partial charge in [0.05, 0.1) is 5.56 Å². The van der Waals surface area contributed by atoms with E-state index in [2.05, 4.69) is 20.9 Å². The Kier molecular flexibility index (Phi) is 9.92. The van der Waals surface area contributed by atoms with Crippen LogP contribution in [0.25, 0.3) is 0 Å². The maximum atomic E-state index is 13.2. The summed E-state index contributed by atoms with van der Waals surface area (Å²) in [5.41, 5.74) is 0.530. The number of amides is 3. The van der Waals surface area contributed by atoms with Crippen LogP contribution in [0.5, 0.6) is 0 Å². The standard InChI is InChI=1S/C26H34N4O4/c1-5-6-14-20(28-23(32)19-13-10-15-27-17-19)24(33)29-21(16-18-11-8-7-9-12-18)22(31)25(34)30-26(2,3)4/h7-13,15,17,20-21H,5-6,14,16H2,1-4H3,(H,28,32)(H,29,33)(H,30,34)/t20-,21?/m0/s1. The highest BCUT2D eigenvalue weighted by molar-refractivity contribution is 6.38. The van der Waals surface area contributed by atoms with Crippen molar-refractivity contribution in [3.8, 4) is 0 Å². The second kappa shape index (κ2) is 12.6. The van der Waals surface area contributed by atoms with Crippen LogP contribution in [-0.2, 0) is 20.8 Å². The minimum atomic E-state index is -1.07. The number of pyridine rings is 1. The molecule has 0 bridgehead atoms. The van der Waals surface area contributed by atoms with Gasteiger partial charge in [-0.1, -0.05) is 50.1 Å². The highest BCUT2D eigenvalue weighted by Crippen LogP contribution is 2.09. The first-order chi connectivity index (χ1) is 16.1. The third-order valence-corrected chi connectivity index (χ3v) is 5.02. The summed E-state index contributed by atoms with van der Waals surface area (Å²) < 4.78 is 0. The monoisotopic (exact) mass is 466 g/mol. The second-order valence-corrected chi connectivity index (χ2v) is 9.23. The molecule has 3 N–H and O–H groups in total. The number of carbonyl (C=O) groups is 4. The zero-order chi connectivity index (χ0) is 25.1. The van der Waals surface area contributed by atoms with E-state index in [1.54, 1.807) is 39.1 Å². The molecule has 0 spiro atoms. The van der Waals surface area contributed by atoms with Crippen LogP contribution in [0.3, 0.4) is 0 Å². The van der Waals surface area contributed by atoms with Crippen molar-refractivity contribution in [2.45, 2.75) is 71.0 Å². The molecule has 0 aliphatic heterocycles. The van der Waals surface area contributed by atoms with Crippen molar-refractivity contribution < 1.29 is 19.2 Å². The van der Waals surface area contributed by atoms with Gasteiger partial charge in [0.15, 0.2) is 0 Å². The molecule has 2 aromatic rings. The van der Waals surface area contributed by atoms with Crippen LogP contribution in [0.15, 0.2) is 54.9 Å². The van der Waals surface area contributed by atoms with Gasteiger partial charge in [0.1, 0.15) is 12.1 Å². The number of nitrogens with one attached hydrogen (secondary N) is 3. The van der Waals surface area contributed by atoms with Crippen LogP contribution in [0, 0.1) is 0 Å². The fourth-order valence-electron chi connectivity index (χ4n) is 3.31. The lowest BCUT2D eigenvalue weighted by molar-refractivity contribution is -0.141. The molecule has 182 valence electrons. The SMILES string of the molecule is CCCC[C@H](NC(=O)c1cccnc1)C(=O)NC(Cc1ccccc1)C(=O)C(=O)NC(C)(C)C. The average molecular weight is 467 g/mol. The number of hydrogen-bond donors (Lipinski definition) is 3. The molecule has 1 aromatic carbocycles. The summed E-state index contributed by atoms with van der Waals surface area (Å²) >= 11 is 0. The summed E-state index contributed by atoms with van der Waals surface area (Å²) in [6, 6.07) is 10.5. The number of hydrogen-bond acceptors (Lipinski definition) is 5. The smallest absolute Gasteiger partial charge is 0.290 e. The van der Waals surface area contributed by atoms with Gasteiger partial charge in [-0.15, -0.1) is 0 Å². The summed E-state index contributed by atoms with van der Waals surface area (Å²) in [5.74, 6) is -2.44. The van der Waals surface area contributed by atoms with Crippen molar-refractivity contribution >= 4 is 23.5 Å². The molecule has 0 aliphatic carbocycles. The molecule has 0 aliphatic rings. The maximum absolute atomic E-state index is 13.2. The number of carbonyl (C=O) groups excluding carboxylic acids is 4. The predicted molar refractivity (Wildman–Crippen MR) is 130 cm³/mol. The Balaban J connectivity index is 2.22. The third-order valence-electron chi connectivity index (χ3n) is 5.02. The van der Waals surface area contributed by atoms with E-state index < -0.39 is 41.1 Å². The van der Waals surface area contributed by atoms with Crippen LogP contribution in [-0.4, -0.2) is 46.1 Å². The van der Waals surface area contributed by atoms with Gasteiger partial charge in [0, 0.05) is 24.4 Å². The van der Waals surface area contributed by atoms with E-state index in [-0.39, 0.29) is 6.42 Å². The summed E-state index contributed by atoms with van der Waals surface area (Å²) in [7, 11) is 0. The zero-order valence-electron chi connectivity index (χ0n) is 20.3. The number of Topliss-reactive ketones (excluding diaryl/α,β-unsaturated/α-hetero) is 1. The Hall–Kier alpha value is -3.55. The number of rotatable bonds is 11. The minimum absolute atomic E-state index is 0.153. The first kappa shape index (κ1) is 26.7. The minimum Gasteiger partial charge on any atom is -0.345 e. The summed E-state index contributed by atoms with van der Waals surface area (Å²) in [6.07, 6.45) is 5.05. The van der Waals surface area contributed by atoms with E-state index in [9.17, 15) is 19.2 Å². The fraction of sp³-hybridized carbons (Fsp3) is 0.423. The van der Waals surface area contributed by atoms with Gasteiger partial charge in [0.25, 0.3) is 11.8 Å². The number of benzene rings is 1. The molecule has 0 radical (unpaired) electrons. The molecule has 1 unspecified atom stereocenters. The van der Waals surface area contributed by atoms with Crippen molar-refractivity contribution in [3.05, 3.63) is 66.0 Å². The highest BCUT2D eigenvalue weighted by Gasteiger charge is 2.31. The molecule has 0 saturated carbocycles. The molecule has 1 heterocycles. The Bertz CT molecular complexity index is 971. The van der Waals surface area contributed by atoms with Gasteiger partial charge in [-0.3, -0.25) is 24.2 Å². The number of unbranched alkanes of at least 4 members (excludes halogenated alkanes) is 1. The van der Waals surface area contributed by atoms with Gasteiger partial charge in [0.2, 0.25) is 11.7 Å². The largest absolute Gasteiger partial charge is 0.345 e. The average Bonchev–Trinajstić information content (AvgIpc) is 2.80. The quantitative estimate of drug-likeness (QED) is 0.440. The zero-order valence-corrected chi connectivity index (χ0v) is 20.3. The summed E-state index contributed by atoms with van der Waals surface area (Å²) in [6.45, 7) is 7.31. The molecule has 8 heteroatoms. The van der Waals surface area contributed by atoms with Gasteiger partial charge in [-0.25, -0.2) is 0 Å². The fourth-order valence-corrected chi connectivity index (χ4v) is 3.31. The Labute approximate surface area is 200 Å². The third kappa shape index (κ3) is 8.77. The van der Waals surface area contributed by atoms with Crippen molar-refractivity contribution in [2.24, 2.45) is 0 Å². The number of ketones is 1. The van der Waals surface area contributed by atoms with Crippen molar-refractivity contribution in [3.63, 3.8) is 0 Å². The Morgan fingerprint density at radius 3 is 2.24 bits per heavy atom. The first-order valence-corrected chi connectivity index (χ1v) is 11.5. The maximum Gasteiger partial charge on any atom is 0.290 e. The molecule has 8 nitrogen and oxygen atoms in total. The molecule has 0 saturated heterocycles. The van der Waals surface area contributed by atoms with Crippen molar-refractivity contribution in [2.75, 3.05) is 0 Å².